The standard InChI is InChI=1S/C15H18O5/c1-18-14(16)10-13-12(8-5-9-19-13)20-15(17)11-6-3-2-4-7-11/h2-4,6-7,12-13H,5,8-10H2,1H3/t12-,13+/m1/s1. The van der Waals surface area contributed by atoms with Gasteiger partial charge in [0.05, 0.1) is 19.1 Å². The third-order valence-electron chi connectivity index (χ3n) is 3.24. The Balaban J connectivity index is 1.98. The molecule has 0 saturated carbocycles. The predicted octanol–water partition coefficient (Wildman–Crippen LogP) is 1.95. The highest BCUT2D eigenvalue weighted by atomic mass is 16.6. The van der Waals surface area contributed by atoms with E-state index in [-0.39, 0.29) is 12.4 Å². The first-order chi connectivity index (χ1) is 9.70. The molecule has 0 unspecified atom stereocenters. The lowest BCUT2D eigenvalue weighted by Gasteiger charge is -2.30. The lowest BCUT2D eigenvalue weighted by Crippen LogP contribution is -2.39. The van der Waals surface area contributed by atoms with Crippen LogP contribution in [0, 0.1) is 0 Å². The summed E-state index contributed by atoms with van der Waals surface area (Å²) in [7, 11) is 1.33. The normalized spacial score (nSPS) is 22.1. The first kappa shape index (κ1) is 14.5. The van der Waals surface area contributed by atoms with Gasteiger partial charge in [-0.2, -0.15) is 0 Å². The van der Waals surface area contributed by atoms with Crippen molar-refractivity contribution >= 4 is 11.9 Å². The molecule has 1 saturated heterocycles. The van der Waals surface area contributed by atoms with E-state index in [9.17, 15) is 9.59 Å². The lowest BCUT2D eigenvalue weighted by atomic mass is 10.0. The third-order valence-corrected chi connectivity index (χ3v) is 3.24. The van der Waals surface area contributed by atoms with Gasteiger partial charge in [0.15, 0.2) is 0 Å². The van der Waals surface area contributed by atoms with Gasteiger partial charge in [0.25, 0.3) is 0 Å². The fraction of sp³-hybridized carbons (Fsp3) is 0.467. The maximum Gasteiger partial charge on any atom is 0.338 e. The molecule has 0 N–H and O–H groups in total. The molecule has 1 aromatic rings. The Morgan fingerprint density at radius 2 is 2.05 bits per heavy atom. The zero-order valence-electron chi connectivity index (χ0n) is 11.4. The molecule has 0 aromatic heterocycles. The summed E-state index contributed by atoms with van der Waals surface area (Å²) in [5.41, 5.74) is 0.495. The molecular weight excluding hydrogens is 260 g/mol. The van der Waals surface area contributed by atoms with Crippen LogP contribution in [0.2, 0.25) is 0 Å². The summed E-state index contributed by atoms with van der Waals surface area (Å²) in [5.74, 6) is -0.756. The largest absolute Gasteiger partial charge is 0.469 e. The van der Waals surface area contributed by atoms with Crippen molar-refractivity contribution in [2.24, 2.45) is 0 Å². The summed E-state index contributed by atoms with van der Waals surface area (Å²) in [5, 5.41) is 0. The summed E-state index contributed by atoms with van der Waals surface area (Å²) in [6.07, 6.45) is 0.771. The average molecular weight is 278 g/mol. The molecule has 1 heterocycles. The van der Waals surface area contributed by atoms with E-state index in [4.69, 9.17) is 9.47 Å². The number of methoxy groups -OCH3 is 1. The highest BCUT2D eigenvalue weighted by Gasteiger charge is 2.31. The minimum atomic E-state index is -0.427. The van der Waals surface area contributed by atoms with E-state index in [0.29, 0.717) is 18.6 Å². The minimum absolute atomic E-state index is 0.100. The van der Waals surface area contributed by atoms with Crippen LogP contribution in [-0.2, 0) is 19.0 Å². The van der Waals surface area contributed by atoms with Gasteiger partial charge in [-0.25, -0.2) is 4.79 Å². The number of ether oxygens (including phenoxy) is 3. The van der Waals surface area contributed by atoms with Crippen molar-refractivity contribution in [1.29, 1.82) is 0 Å². The third kappa shape index (κ3) is 3.81. The molecule has 0 aliphatic carbocycles. The van der Waals surface area contributed by atoms with Crippen LogP contribution in [0.25, 0.3) is 0 Å². The highest BCUT2D eigenvalue weighted by molar-refractivity contribution is 5.89. The molecule has 0 spiro atoms. The summed E-state index contributed by atoms with van der Waals surface area (Å²) in [6.45, 7) is 0.570. The Kier molecular flexibility index (Phi) is 5.12. The molecule has 1 aliphatic heterocycles. The van der Waals surface area contributed by atoms with E-state index >= 15 is 0 Å². The first-order valence-electron chi connectivity index (χ1n) is 6.65. The van der Waals surface area contributed by atoms with E-state index in [1.54, 1.807) is 24.3 Å². The minimum Gasteiger partial charge on any atom is -0.469 e. The number of hydrogen-bond acceptors (Lipinski definition) is 5. The zero-order chi connectivity index (χ0) is 14.4. The second kappa shape index (κ2) is 7.05. The molecule has 20 heavy (non-hydrogen) atoms. The second-order valence-corrected chi connectivity index (χ2v) is 4.64. The van der Waals surface area contributed by atoms with E-state index in [0.717, 1.165) is 6.42 Å². The highest BCUT2D eigenvalue weighted by Crippen LogP contribution is 2.21. The average Bonchev–Trinajstić information content (AvgIpc) is 2.50. The van der Waals surface area contributed by atoms with Crippen LogP contribution >= 0.6 is 0 Å². The van der Waals surface area contributed by atoms with Crippen LogP contribution < -0.4 is 0 Å². The van der Waals surface area contributed by atoms with Crippen molar-refractivity contribution in [3.63, 3.8) is 0 Å². The summed E-state index contributed by atoms with van der Waals surface area (Å²) < 4.78 is 15.6. The lowest BCUT2D eigenvalue weighted by molar-refractivity contribution is -0.149. The van der Waals surface area contributed by atoms with Gasteiger partial charge in [-0.1, -0.05) is 18.2 Å². The molecule has 0 radical (unpaired) electrons. The molecule has 108 valence electrons. The van der Waals surface area contributed by atoms with Crippen molar-refractivity contribution in [1.82, 2.24) is 0 Å². The summed E-state index contributed by atoms with van der Waals surface area (Å²) in [4.78, 5) is 23.4. The van der Waals surface area contributed by atoms with Crippen LogP contribution in [-0.4, -0.2) is 37.9 Å². The Hall–Kier alpha value is -1.88. The van der Waals surface area contributed by atoms with Crippen molar-refractivity contribution < 1.29 is 23.8 Å². The fourth-order valence-corrected chi connectivity index (χ4v) is 2.16. The molecule has 2 atom stereocenters. The molecular formula is C15H18O5. The van der Waals surface area contributed by atoms with Gasteiger partial charge in [0.1, 0.15) is 12.2 Å². The van der Waals surface area contributed by atoms with Gasteiger partial charge in [-0.3, -0.25) is 4.79 Å². The van der Waals surface area contributed by atoms with Gasteiger partial charge in [0, 0.05) is 6.61 Å². The molecule has 1 aromatic carbocycles. The van der Waals surface area contributed by atoms with E-state index in [1.807, 2.05) is 6.07 Å². The Bertz CT molecular complexity index is 457. The van der Waals surface area contributed by atoms with Crippen LogP contribution in [0.1, 0.15) is 29.6 Å². The summed E-state index contributed by atoms with van der Waals surface area (Å²) >= 11 is 0. The van der Waals surface area contributed by atoms with E-state index < -0.39 is 18.2 Å². The van der Waals surface area contributed by atoms with Crippen molar-refractivity contribution in [3.8, 4) is 0 Å². The molecule has 1 fully saturated rings. The number of esters is 2. The molecule has 5 heteroatoms. The molecule has 2 rings (SSSR count). The monoisotopic (exact) mass is 278 g/mol. The van der Waals surface area contributed by atoms with Gasteiger partial charge >= 0.3 is 11.9 Å². The number of carbonyl (C=O) groups is 2. The number of benzene rings is 1. The van der Waals surface area contributed by atoms with Gasteiger partial charge in [0.2, 0.25) is 0 Å². The first-order valence-corrected chi connectivity index (χ1v) is 6.65. The van der Waals surface area contributed by atoms with Crippen molar-refractivity contribution in [2.75, 3.05) is 13.7 Å². The van der Waals surface area contributed by atoms with Crippen molar-refractivity contribution in [3.05, 3.63) is 35.9 Å². The van der Waals surface area contributed by atoms with Crippen LogP contribution in [0.5, 0.6) is 0 Å². The topological polar surface area (TPSA) is 61.8 Å². The van der Waals surface area contributed by atoms with Crippen LogP contribution in [0.15, 0.2) is 30.3 Å². The van der Waals surface area contributed by atoms with Gasteiger partial charge in [-0.15, -0.1) is 0 Å². The van der Waals surface area contributed by atoms with Gasteiger partial charge in [-0.05, 0) is 25.0 Å². The fourth-order valence-electron chi connectivity index (χ4n) is 2.16. The van der Waals surface area contributed by atoms with Crippen LogP contribution in [0.3, 0.4) is 0 Å². The zero-order valence-corrected chi connectivity index (χ0v) is 11.4. The SMILES string of the molecule is COC(=O)C[C@@H]1OCCC[C@H]1OC(=O)c1ccccc1. The molecule has 0 bridgehead atoms. The maximum absolute atomic E-state index is 12.0. The Labute approximate surface area is 117 Å². The molecule has 5 nitrogen and oxygen atoms in total. The molecule has 0 amide bonds. The summed E-state index contributed by atoms with van der Waals surface area (Å²) in [6, 6.07) is 8.78. The quantitative estimate of drug-likeness (QED) is 0.788. The number of carbonyl (C=O) groups excluding carboxylic acids is 2. The Morgan fingerprint density at radius 3 is 2.75 bits per heavy atom. The number of hydrogen-bond donors (Lipinski definition) is 0. The smallest absolute Gasteiger partial charge is 0.338 e. The van der Waals surface area contributed by atoms with E-state index in [1.165, 1.54) is 7.11 Å². The number of rotatable bonds is 4. The second-order valence-electron chi connectivity index (χ2n) is 4.64. The van der Waals surface area contributed by atoms with Gasteiger partial charge < -0.3 is 14.2 Å². The van der Waals surface area contributed by atoms with E-state index in [2.05, 4.69) is 4.74 Å². The van der Waals surface area contributed by atoms with Crippen LogP contribution in [0.4, 0.5) is 0 Å². The molecule has 1 aliphatic rings. The predicted molar refractivity (Wildman–Crippen MR) is 71.3 cm³/mol. The van der Waals surface area contributed by atoms with Crippen molar-refractivity contribution in [2.45, 2.75) is 31.5 Å². The Morgan fingerprint density at radius 1 is 1.30 bits per heavy atom. The maximum atomic E-state index is 12.0.